The Morgan fingerprint density at radius 2 is 1.84 bits per heavy atom. The van der Waals surface area contributed by atoms with E-state index in [0.717, 1.165) is 12.0 Å². The molecule has 0 aromatic carbocycles. The van der Waals surface area contributed by atoms with Gasteiger partial charge in [0, 0.05) is 26.4 Å². The Labute approximate surface area is 223 Å². The van der Waals surface area contributed by atoms with Crippen molar-refractivity contribution < 1.29 is 33.3 Å². The van der Waals surface area contributed by atoms with Crippen LogP contribution in [0.2, 0.25) is 18.1 Å². The number of carbonyl (C=O) groups is 2. The lowest BCUT2D eigenvalue weighted by atomic mass is 9.59. The molecule has 1 spiro atoms. The lowest BCUT2D eigenvalue weighted by Gasteiger charge is -2.51. The zero-order valence-corrected chi connectivity index (χ0v) is 25.6. The molecule has 0 saturated heterocycles. The average Bonchev–Trinajstić information content (AvgIpc) is 3.22. The van der Waals surface area contributed by atoms with Crippen LogP contribution in [0.15, 0.2) is 11.6 Å². The molecule has 9 atom stereocenters. The molecule has 210 valence electrons. The first kappa shape index (κ1) is 28.9. The first-order chi connectivity index (χ1) is 16.9. The third-order valence-electron chi connectivity index (χ3n) is 11.0. The van der Waals surface area contributed by atoms with E-state index in [4.69, 9.17) is 18.6 Å². The molecule has 0 aromatic rings. The standard InChI is InChI=1S/C29H48O7Si/c1-16-14-28-17(2)12-19-23(27(19,7)8)22(24(28)32)20(36-37(10,11)26(4,5)6)13-21(34-15-30)29(28,33-9)25(16)35-18(3)31/h14,17,19-23,25,30H,12-13,15H2,1-11H3/t17-,19-,20-,21-,22+,23-,25+,28+,29+/m1/s1. The van der Waals surface area contributed by atoms with E-state index < -0.39 is 44.3 Å². The van der Waals surface area contributed by atoms with Crippen LogP contribution in [0.25, 0.3) is 0 Å². The maximum Gasteiger partial charge on any atom is 0.303 e. The van der Waals surface area contributed by atoms with E-state index in [2.05, 4.69) is 54.6 Å². The summed E-state index contributed by atoms with van der Waals surface area (Å²) < 4.78 is 25.6. The number of Topliss-reactive ketones (excluding diaryl/α,β-unsaturated/α-hetero) is 1. The van der Waals surface area contributed by atoms with Crippen LogP contribution >= 0.6 is 0 Å². The molecule has 37 heavy (non-hydrogen) atoms. The zero-order valence-electron chi connectivity index (χ0n) is 24.6. The van der Waals surface area contributed by atoms with Crippen molar-refractivity contribution in [3.63, 3.8) is 0 Å². The second kappa shape index (κ2) is 8.98. The molecule has 0 unspecified atom stereocenters. The second-order valence-corrected chi connectivity index (χ2v) is 18.9. The number of aliphatic hydroxyl groups excluding tert-OH is 1. The molecule has 0 aromatic heterocycles. The summed E-state index contributed by atoms with van der Waals surface area (Å²) in [6.07, 6.45) is 1.36. The molecule has 3 fully saturated rings. The molecular formula is C29H48O7Si. The highest BCUT2D eigenvalue weighted by atomic mass is 28.4. The third-order valence-corrected chi connectivity index (χ3v) is 15.5. The van der Waals surface area contributed by atoms with Gasteiger partial charge in [0.1, 0.15) is 6.79 Å². The van der Waals surface area contributed by atoms with Crippen molar-refractivity contribution in [3.8, 4) is 0 Å². The van der Waals surface area contributed by atoms with Crippen molar-refractivity contribution in [3.05, 3.63) is 11.6 Å². The lowest BCUT2D eigenvalue weighted by Crippen LogP contribution is -2.66. The SMILES string of the molecule is CO[C@]12[C@H](OCO)C[C@@H](O[Si](C)(C)C(C)(C)C)[C@@H]3C(=O)[C@]1(C=C(C)[C@@H]2OC(C)=O)[C@H](C)C[C@@H]1[C@H]3C1(C)C. The van der Waals surface area contributed by atoms with Crippen molar-refractivity contribution in [1.82, 2.24) is 0 Å². The fraction of sp³-hybridized carbons (Fsp3) is 0.862. The first-order valence-corrected chi connectivity index (χ1v) is 16.7. The number of ether oxygens (including phenoxy) is 3. The van der Waals surface area contributed by atoms with Gasteiger partial charge in [-0.25, -0.2) is 0 Å². The monoisotopic (exact) mass is 536 g/mol. The minimum atomic E-state index is -2.29. The number of esters is 1. The predicted octanol–water partition coefficient (Wildman–Crippen LogP) is 4.88. The summed E-state index contributed by atoms with van der Waals surface area (Å²) in [7, 11) is -0.704. The van der Waals surface area contributed by atoms with Crippen molar-refractivity contribution in [2.45, 2.75) is 110 Å². The summed E-state index contributed by atoms with van der Waals surface area (Å²) in [6, 6.07) is 0. The predicted molar refractivity (Wildman–Crippen MR) is 143 cm³/mol. The van der Waals surface area contributed by atoms with Crippen LogP contribution in [0.5, 0.6) is 0 Å². The zero-order chi connectivity index (χ0) is 27.9. The molecule has 0 radical (unpaired) electrons. The fourth-order valence-electron chi connectivity index (χ4n) is 8.17. The number of hydrogen-bond donors (Lipinski definition) is 1. The van der Waals surface area contributed by atoms with Gasteiger partial charge in [0.05, 0.1) is 17.6 Å². The molecule has 3 saturated carbocycles. The number of hydrogen-bond acceptors (Lipinski definition) is 7. The van der Waals surface area contributed by atoms with Gasteiger partial charge in [0.15, 0.2) is 25.8 Å². The van der Waals surface area contributed by atoms with E-state index >= 15 is 4.79 Å². The molecule has 0 heterocycles. The van der Waals surface area contributed by atoms with Crippen LogP contribution in [0.4, 0.5) is 0 Å². The normalized spacial score (nSPS) is 42.8. The van der Waals surface area contributed by atoms with Gasteiger partial charge < -0.3 is 23.7 Å². The van der Waals surface area contributed by atoms with Crippen molar-refractivity contribution in [2.24, 2.45) is 34.5 Å². The molecule has 4 aliphatic carbocycles. The van der Waals surface area contributed by atoms with E-state index in [0.29, 0.717) is 12.3 Å². The maximum absolute atomic E-state index is 15.2. The molecule has 7 nitrogen and oxygen atoms in total. The van der Waals surface area contributed by atoms with Gasteiger partial charge in [-0.1, -0.05) is 47.6 Å². The molecule has 0 aliphatic heterocycles. The summed E-state index contributed by atoms with van der Waals surface area (Å²) >= 11 is 0. The molecule has 8 heteroatoms. The summed E-state index contributed by atoms with van der Waals surface area (Å²) in [6.45, 7) is 20.5. The van der Waals surface area contributed by atoms with Crippen LogP contribution < -0.4 is 0 Å². The van der Waals surface area contributed by atoms with E-state index in [9.17, 15) is 9.90 Å². The lowest BCUT2D eigenvalue weighted by molar-refractivity contribution is -0.240. The van der Waals surface area contributed by atoms with Gasteiger partial charge in [-0.15, -0.1) is 0 Å². The van der Waals surface area contributed by atoms with Gasteiger partial charge in [-0.3, -0.25) is 9.59 Å². The Morgan fingerprint density at radius 3 is 2.35 bits per heavy atom. The largest absolute Gasteiger partial charge is 0.455 e. The Kier molecular flexibility index (Phi) is 7.02. The summed E-state index contributed by atoms with van der Waals surface area (Å²) in [4.78, 5) is 27.5. The fourth-order valence-corrected chi connectivity index (χ4v) is 9.53. The molecule has 4 aliphatic rings. The highest BCUT2D eigenvalue weighted by molar-refractivity contribution is 6.74. The van der Waals surface area contributed by atoms with E-state index in [1.165, 1.54) is 6.92 Å². The summed E-state index contributed by atoms with van der Waals surface area (Å²) in [5, 5.41) is 10.0. The number of methoxy groups -OCH3 is 1. The highest BCUT2D eigenvalue weighted by Crippen LogP contribution is 2.73. The molecular weight excluding hydrogens is 488 g/mol. The number of carbonyl (C=O) groups excluding carboxylic acids is 2. The van der Waals surface area contributed by atoms with E-state index in [1.54, 1.807) is 7.11 Å². The first-order valence-electron chi connectivity index (χ1n) is 13.8. The minimum absolute atomic E-state index is 0.0330. The smallest absolute Gasteiger partial charge is 0.303 e. The van der Waals surface area contributed by atoms with Crippen LogP contribution in [0.1, 0.15) is 68.2 Å². The quantitative estimate of drug-likeness (QED) is 0.224. The number of fused-ring (bicyclic) bond motifs is 3. The number of aliphatic hydroxyl groups is 1. The van der Waals surface area contributed by atoms with Crippen LogP contribution in [0, 0.1) is 34.5 Å². The molecule has 2 bridgehead atoms. The molecule has 0 amide bonds. The van der Waals surface area contributed by atoms with Crippen molar-refractivity contribution >= 4 is 20.1 Å². The average molecular weight is 537 g/mol. The van der Waals surface area contributed by atoms with E-state index in [-0.39, 0.29) is 40.1 Å². The Hall–Kier alpha value is -1.06. The van der Waals surface area contributed by atoms with Crippen LogP contribution in [0.3, 0.4) is 0 Å². The number of rotatable bonds is 6. The van der Waals surface area contributed by atoms with Gasteiger partial charge in [0.2, 0.25) is 0 Å². The van der Waals surface area contributed by atoms with E-state index in [1.807, 2.05) is 13.0 Å². The molecule has 1 N–H and O–H groups in total. The third kappa shape index (κ3) is 3.87. The van der Waals surface area contributed by atoms with Gasteiger partial charge >= 0.3 is 5.97 Å². The van der Waals surface area contributed by atoms with Crippen LogP contribution in [-0.2, 0) is 28.2 Å². The van der Waals surface area contributed by atoms with Gasteiger partial charge in [0.25, 0.3) is 0 Å². The number of ketones is 1. The summed E-state index contributed by atoms with van der Waals surface area (Å²) in [5.74, 6) is -0.149. The Bertz CT molecular complexity index is 981. The van der Waals surface area contributed by atoms with Gasteiger partial charge in [-0.2, -0.15) is 0 Å². The van der Waals surface area contributed by atoms with Crippen molar-refractivity contribution in [1.29, 1.82) is 0 Å². The summed E-state index contributed by atoms with van der Waals surface area (Å²) in [5.41, 5.74) is -1.54. The topological polar surface area (TPSA) is 91.3 Å². The minimum Gasteiger partial charge on any atom is -0.455 e. The van der Waals surface area contributed by atoms with Crippen molar-refractivity contribution in [2.75, 3.05) is 13.9 Å². The van der Waals surface area contributed by atoms with Crippen LogP contribution in [-0.4, -0.2) is 63.0 Å². The Balaban J connectivity index is 1.98. The maximum atomic E-state index is 15.2. The second-order valence-electron chi connectivity index (χ2n) is 14.2. The van der Waals surface area contributed by atoms with Gasteiger partial charge in [-0.05, 0) is 60.2 Å². The molecule has 4 rings (SSSR count). The Morgan fingerprint density at radius 1 is 1.22 bits per heavy atom. The highest BCUT2D eigenvalue weighted by Gasteiger charge is 2.79.